The van der Waals surface area contributed by atoms with Crippen molar-refractivity contribution in [2.45, 2.75) is 0 Å². The molecule has 1 aromatic heterocycles. The number of rotatable bonds is 0. The Morgan fingerprint density at radius 3 is 2.75 bits per heavy atom. The minimum atomic E-state index is 0.505. The van der Waals surface area contributed by atoms with Crippen molar-refractivity contribution >= 4 is 43.5 Å². The second-order valence-electron chi connectivity index (χ2n) is 2.39. The fraction of sp³-hybridized carbons (Fsp3) is 0. The summed E-state index contributed by atoms with van der Waals surface area (Å²) in [5, 5.41) is 1.40. The molecule has 56 valence electrons. The van der Waals surface area contributed by atoms with Gasteiger partial charge in [0.1, 0.15) is 5.15 Å². The number of nitrogens with zero attached hydrogens (tertiary/aromatic N) is 2. The lowest BCUT2D eigenvalue weighted by atomic mass is 10.2. The van der Waals surface area contributed by atoms with E-state index in [2.05, 4.69) is 26.3 Å². The molecule has 0 unspecified atom stereocenters. The molecule has 1 heterocycles. The predicted octanol–water partition coefficient (Wildman–Crippen LogP) is 1.08. The van der Waals surface area contributed by atoms with Gasteiger partial charge in [-0.2, -0.15) is 0 Å². The van der Waals surface area contributed by atoms with Crippen molar-refractivity contribution in [1.29, 1.82) is 0 Å². The summed E-state index contributed by atoms with van der Waals surface area (Å²) in [5.41, 5.74) is 0.877. The van der Waals surface area contributed by atoms with Gasteiger partial charge in [-0.1, -0.05) is 23.7 Å². The molecule has 0 aliphatic heterocycles. The van der Waals surface area contributed by atoms with E-state index in [1.165, 1.54) is 0 Å². The fourth-order valence-corrected chi connectivity index (χ4v) is 1.65. The standard InChI is InChI=1S/C8H4ClN2.Al/c9-8-6-3-1-2-4-7(6)10-5-11-8;/h1-4H;. The quantitative estimate of drug-likeness (QED) is 0.459. The Labute approximate surface area is 83.0 Å². The highest BCUT2D eigenvalue weighted by Crippen LogP contribution is 2.16. The summed E-state index contributed by atoms with van der Waals surface area (Å²) in [4.78, 5) is 8.22. The maximum Gasteiger partial charge on any atom is 0.244 e. The molecule has 0 atom stereocenters. The third-order valence-corrected chi connectivity index (χ3v) is 2.12. The average molecular weight is 191 g/mol. The monoisotopic (exact) mass is 190 g/mol. The first-order chi connectivity index (χ1) is 5.77. The van der Waals surface area contributed by atoms with Crippen molar-refractivity contribution in [2.24, 2.45) is 0 Å². The number of hydrogen-bond acceptors (Lipinski definition) is 2. The Morgan fingerprint density at radius 1 is 1.17 bits per heavy atom. The highest BCUT2D eigenvalue weighted by molar-refractivity contribution is 6.36. The minimum Gasteiger partial charge on any atom is -0.255 e. The zero-order valence-electron chi connectivity index (χ0n) is 6.16. The lowest BCUT2D eigenvalue weighted by Crippen LogP contribution is -2.12. The van der Waals surface area contributed by atoms with E-state index >= 15 is 0 Å². The predicted molar refractivity (Wildman–Crippen MR) is 49.9 cm³/mol. The van der Waals surface area contributed by atoms with Crippen LogP contribution in [-0.4, -0.2) is 26.3 Å². The second kappa shape index (κ2) is 3.02. The molecule has 0 aliphatic carbocycles. The lowest BCUT2D eigenvalue weighted by molar-refractivity contribution is 1.30. The first-order valence-corrected chi connectivity index (χ1v) is 4.40. The maximum atomic E-state index is 5.90. The molecule has 1 aromatic carbocycles. The molecule has 2 radical (unpaired) electrons. The van der Waals surface area contributed by atoms with Crippen LogP contribution >= 0.6 is 11.6 Å². The van der Waals surface area contributed by atoms with E-state index in [0.717, 1.165) is 10.9 Å². The Morgan fingerprint density at radius 2 is 1.92 bits per heavy atom. The lowest BCUT2D eigenvalue weighted by Gasteiger charge is -2.00. The summed E-state index contributed by atoms with van der Waals surface area (Å²) in [6, 6.07) is 7.66. The third kappa shape index (κ3) is 1.32. The molecule has 2 nitrogen and oxygen atoms in total. The van der Waals surface area contributed by atoms with Gasteiger partial charge in [-0.3, -0.25) is 4.98 Å². The number of aromatic nitrogens is 2. The van der Waals surface area contributed by atoms with Crippen LogP contribution in [-0.2, 0) is 0 Å². The number of fused-ring (bicyclic) bond motifs is 1. The van der Waals surface area contributed by atoms with E-state index in [0.29, 0.717) is 9.84 Å². The van der Waals surface area contributed by atoms with E-state index in [1.807, 2.05) is 24.3 Å². The summed E-state index contributed by atoms with van der Waals surface area (Å²) in [6.07, 6.45) is 0. The molecular weight excluding hydrogens is 187 g/mol. The molecule has 0 aliphatic rings. The normalized spacial score (nSPS) is 10.4. The fourth-order valence-electron chi connectivity index (χ4n) is 1.05. The molecule has 0 spiro atoms. The Bertz CT molecular complexity index is 430. The topological polar surface area (TPSA) is 25.8 Å². The Balaban J connectivity index is 2.89. The zero-order valence-corrected chi connectivity index (χ0v) is 8.07. The van der Waals surface area contributed by atoms with E-state index in [9.17, 15) is 0 Å². The summed E-state index contributed by atoms with van der Waals surface area (Å²) < 4.78 is 0.624. The summed E-state index contributed by atoms with van der Waals surface area (Å²) in [7, 11) is 0. The van der Waals surface area contributed by atoms with Gasteiger partial charge >= 0.3 is 0 Å². The highest BCUT2D eigenvalue weighted by Gasteiger charge is 1.99. The van der Waals surface area contributed by atoms with Gasteiger partial charge in [0.05, 0.1) is 5.52 Å². The molecule has 0 N–H and O–H groups in total. The third-order valence-electron chi connectivity index (χ3n) is 1.57. The highest BCUT2D eigenvalue weighted by atomic mass is 35.5. The minimum absolute atomic E-state index is 0.505. The molecule has 0 amide bonds. The van der Waals surface area contributed by atoms with Crippen LogP contribution in [0.4, 0.5) is 0 Å². The molecular formula is C8H4AlClN2. The van der Waals surface area contributed by atoms with Crippen LogP contribution in [0.3, 0.4) is 0 Å². The van der Waals surface area contributed by atoms with Crippen LogP contribution < -0.4 is 4.69 Å². The Kier molecular flexibility index (Phi) is 2.02. The summed E-state index contributed by atoms with van der Waals surface area (Å²) in [5.74, 6) is 0. The first kappa shape index (κ1) is 8.00. The van der Waals surface area contributed by atoms with Crippen molar-refractivity contribution in [2.75, 3.05) is 0 Å². The van der Waals surface area contributed by atoms with Crippen LogP contribution in [0.1, 0.15) is 0 Å². The molecule has 0 fully saturated rings. The number of halogens is 1. The van der Waals surface area contributed by atoms with Crippen LogP contribution in [0.25, 0.3) is 10.9 Å². The van der Waals surface area contributed by atoms with Gasteiger partial charge in [-0.15, -0.1) is 0 Å². The molecule has 0 saturated carbocycles. The number of para-hydroxylation sites is 1. The average Bonchev–Trinajstić information content (AvgIpc) is 2.04. The molecule has 12 heavy (non-hydrogen) atoms. The smallest absolute Gasteiger partial charge is 0.244 e. The van der Waals surface area contributed by atoms with E-state index < -0.39 is 0 Å². The van der Waals surface area contributed by atoms with Crippen molar-refractivity contribution in [3.8, 4) is 0 Å². The first-order valence-electron chi connectivity index (χ1n) is 3.45. The number of benzene rings is 1. The number of hydrogen-bond donors (Lipinski definition) is 0. The van der Waals surface area contributed by atoms with E-state index in [1.54, 1.807) is 0 Å². The van der Waals surface area contributed by atoms with Gasteiger partial charge in [0.25, 0.3) is 0 Å². The van der Waals surface area contributed by atoms with Crippen LogP contribution in [0, 0.1) is 0 Å². The van der Waals surface area contributed by atoms with Gasteiger partial charge < -0.3 is 0 Å². The van der Waals surface area contributed by atoms with Gasteiger partial charge in [0.15, 0.2) is 0 Å². The molecule has 2 rings (SSSR count). The summed E-state index contributed by atoms with van der Waals surface area (Å²) in [6.45, 7) is 0. The maximum absolute atomic E-state index is 5.90. The Hall–Kier alpha value is -0.618. The summed E-state index contributed by atoms with van der Waals surface area (Å²) >= 11 is 8.33. The van der Waals surface area contributed by atoms with E-state index in [4.69, 9.17) is 11.6 Å². The van der Waals surface area contributed by atoms with Crippen molar-refractivity contribution in [1.82, 2.24) is 9.97 Å². The van der Waals surface area contributed by atoms with Gasteiger partial charge in [0.2, 0.25) is 16.3 Å². The van der Waals surface area contributed by atoms with E-state index in [-0.39, 0.29) is 0 Å². The van der Waals surface area contributed by atoms with Gasteiger partial charge in [-0.05, 0) is 12.1 Å². The van der Waals surface area contributed by atoms with Gasteiger partial charge in [0, 0.05) is 10.1 Å². The molecule has 0 saturated heterocycles. The second-order valence-corrected chi connectivity index (χ2v) is 3.26. The van der Waals surface area contributed by atoms with Crippen LogP contribution in [0.2, 0.25) is 5.15 Å². The molecule has 2 aromatic rings. The van der Waals surface area contributed by atoms with Crippen LogP contribution in [0.15, 0.2) is 24.3 Å². The van der Waals surface area contributed by atoms with Crippen molar-refractivity contribution in [3.63, 3.8) is 0 Å². The SMILES string of the molecule is [Al][c]1nc(Cl)c2ccccc2n1. The van der Waals surface area contributed by atoms with Gasteiger partial charge in [-0.25, -0.2) is 4.98 Å². The molecule has 4 heteroatoms. The van der Waals surface area contributed by atoms with Crippen molar-refractivity contribution < 1.29 is 0 Å². The van der Waals surface area contributed by atoms with Crippen molar-refractivity contribution in [3.05, 3.63) is 29.4 Å². The van der Waals surface area contributed by atoms with Crippen LogP contribution in [0.5, 0.6) is 0 Å². The zero-order chi connectivity index (χ0) is 8.55. The largest absolute Gasteiger partial charge is 0.255 e. The molecule has 0 bridgehead atoms.